The molecular weight excluding hydrogens is 238 g/mol. The molecule has 0 unspecified atom stereocenters. The van der Waals surface area contributed by atoms with Gasteiger partial charge in [-0.15, -0.1) is 0 Å². The highest BCUT2D eigenvalue weighted by molar-refractivity contribution is 5.44. The minimum absolute atomic E-state index is 0.984. The van der Waals surface area contributed by atoms with Crippen LogP contribution in [-0.2, 0) is 13.6 Å². The fraction of sp³-hybridized carbons (Fsp3) is 0.429. The zero-order chi connectivity index (χ0) is 13.1. The minimum atomic E-state index is 0.984. The van der Waals surface area contributed by atoms with Crippen LogP contribution < -0.4 is 4.90 Å². The Kier molecular flexibility index (Phi) is 3.46. The first-order valence-electron chi connectivity index (χ1n) is 6.65. The van der Waals surface area contributed by atoms with E-state index in [-0.39, 0.29) is 0 Å². The molecule has 100 valence electrons. The van der Waals surface area contributed by atoms with Crippen LogP contribution in [-0.4, -0.2) is 45.6 Å². The van der Waals surface area contributed by atoms with Gasteiger partial charge in [0.15, 0.2) is 0 Å². The molecule has 2 aromatic rings. The summed E-state index contributed by atoms with van der Waals surface area (Å²) in [6.45, 7) is 5.27. The summed E-state index contributed by atoms with van der Waals surface area (Å²) in [5.74, 6) is 0. The van der Waals surface area contributed by atoms with E-state index in [4.69, 9.17) is 0 Å². The van der Waals surface area contributed by atoms with Crippen molar-refractivity contribution >= 4 is 5.69 Å². The molecule has 3 heterocycles. The lowest BCUT2D eigenvalue weighted by molar-refractivity contribution is 0.245. The Morgan fingerprint density at radius 1 is 1.11 bits per heavy atom. The van der Waals surface area contributed by atoms with Crippen LogP contribution in [0.5, 0.6) is 0 Å². The highest BCUT2D eigenvalue weighted by Gasteiger charge is 2.17. The largest absolute Gasteiger partial charge is 0.368 e. The van der Waals surface area contributed by atoms with Crippen LogP contribution in [0.15, 0.2) is 37.1 Å². The average Bonchev–Trinajstić information content (AvgIpc) is 2.86. The van der Waals surface area contributed by atoms with Gasteiger partial charge in [-0.05, 0) is 12.1 Å². The van der Waals surface area contributed by atoms with Gasteiger partial charge >= 0.3 is 0 Å². The summed E-state index contributed by atoms with van der Waals surface area (Å²) in [5.41, 5.74) is 2.50. The Balaban J connectivity index is 1.57. The van der Waals surface area contributed by atoms with Gasteiger partial charge in [0.2, 0.25) is 0 Å². The number of rotatable bonds is 3. The quantitative estimate of drug-likeness (QED) is 0.826. The molecule has 1 saturated heterocycles. The van der Waals surface area contributed by atoms with Crippen molar-refractivity contribution in [3.05, 3.63) is 42.7 Å². The van der Waals surface area contributed by atoms with E-state index < -0.39 is 0 Å². The van der Waals surface area contributed by atoms with Crippen LogP contribution in [0, 0.1) is 0 Å². The van der Waals surface area contributed by atoms with Gasteiger partial charge in [0.25, 0.3) is 0 Å². The lowest BCUT2D eigenvalue weighted by Crippen LogP contribution is -2.46. The minimum Gasteiger partial charge on any atom is -0.368 e. The molecule has 3 rings (SSSR count). The van der Waals surface area contributed by atoms with Crippen molar-refractivity contribution in [2.45, 2.75) is 6.54 Å². The third-order valence-corrected chi connectivity index (χ3v) is 3.69. The SMILES string of the molecule is Cn1cncc1CN1CCN(c2cccnc2)CC1. The van der Waals surface area contributed by atoms with Crippen molar-refractivity contribution in [1.82, 2.24) is 19.4 Å². The van der Waals surface area contributed by atoms with E-state index in [1.54, 1.807) is 0 Å². The van der Waals surface area contributed by atoms with Crippen LogP contribution in [0.25, 0.3) is 0 Å². The Hall–Kier alpha value is -1.88. The lowest BCUT2D eigenvalue weighted by Gasteiger charge is -2.35. The third kappa shape index (κ3) is 2.76. The van der Waals surface area contributed by atoms with Gasteiger partial charge in [0.1, 0.15) is 0 Å². The second-order valence-electron chi connectivity index (χ2n) is 4.97. The summed E-state index contributed by atoms with van der Waals surface area (Å²) >= 11 is 0. The smallest absolute Gasteiger partial charge is 0.0945 e. The summed E-state index contributed by atoms with van der Waals surface area (Å²) in [4.78, 5) is 13.2. The van der Waals surface area contributed by atoms with Crippen LogP contribution in [0.4, 0.5) is 5.69 Å². The molecule has 1 aliphatic heterocycles. The molecule has 0 spiro atoms. The highest BCUT2D eigenvalue weighted by Crippen LogP contribution is 2.15. The first kappa shape index (κ1) is 12.2. The maximum Gasteiger partial charge on any atom is 0.0945 e. The Bertz CT molecular complexity index is 514. The first-order valence-corrected chi connectivity index (χ1v) is 6.65. The summed E-state index contributed by atoms with van der Waals surface area (Å²) in [7, 11) is 2.05. The van der Waals surface area contributed by atoms with Crippen molar-refractivity contribution in [2.75, 3.05) is 31.1 Å². The number of hydrogen-bond donors (Lipinski definition) is 0. The molecule has 0 saturated carbocycles. The first-order chi connectivity index (χ1) is 9.33. The molecular formula is C14H19N5. The molecule has 0 aromatic carbocycles. The van der Waals surface area contributed by atoms with Crippen LogP contribution >= 0.6 is 0 Å². The number of aromatic nitrogens is 3. The zero-order valence-electron chi connectivity index (χ0n) is 11.2. The van der Waals surface area contributed by atoms with Crippen molar-refractivity contribution < 1.29 is 0 Å². The topological polar surface area (TPSA) is 37.2 Å². The molecule has 1 fully saturated rings. The third-order valence-electron chi connectivity index (χ3n) is 3.69. The molecule has 2 aromatic heterocycles. The van der Waals surface area contributed by atoms with E-state index in [1.165, 1.54) is 11.4 Å². The number of piperazine rings is 1. The number of imidazole rings is 1. The van der Waals surface area contributed by atoms with Gasteiger partial charge in [0, 0.05) is 52.2 Å². The van der Waals surface area contributed by atoms with E-state index in [1.807, 2.05) is 38.0 Å². The average molecular weight is 257 g/mol. The van der Waals surface area contributed by atoms with Gasteiger partial charge in [-0.3, -0.25) is 9.88 Å². The van der Waals surface area contributed by atoms with Gasteiger partial charge in [0.05, 0.1) is 23.9 Å². The predicted octanol–water partition coefficient (Wildman–Crippen LogP) is 1.14. The van der Waals surface area contributed by atoms with Crippen LogP contribution in [0.1, 0.15) is 5.69 Å². The number of pyridine rings is 1. The van der Waals surface area contributed by atoms with E-state index in [2.05, 4.69) is 30.4 Å². The number of hydrogen-bond acceptors (Lipinski definition) is 4. The summed E-state index contributed by atoms with van der Waals surface area (Å²) < 4.78 is 2.09. The Labute approximate surface area is 113 Å². The van der Waals surface area contributed by atoms with Crippen molar-refractivity contribution in [2.24, 2.45) is 7.05 Å². The van der Waals surface area contributed by atoms with E-state index >= 15 is 0 Å². The van der Waals surface area contributed by atoms with E-state index in [0.29, 0.717) is 0 Å². The normalized spacial score (nSPS) is 16.8. The van der Waals surface area contributed by atoms with Crippen LogP contribution in [0.2, 0.25) is 0 Å². The maximum absolute atomic E-state index is 4.18. The van der Waals surface area contributed by atoms with Crippen molar-refractivity contribution in [3.63, 3.8) is 0 Å². The molecule has 5 nitrogen and oxygen atoms in total. The molecule has 19 heavy (non-hydrogen) atoms. The fourth-order valence-electron chi connectivity index (χ4n) is 2.47. The van der Waals surface area contributed by atoms with E-state index in [0.717, 1.165) is 32.7 Å². The molecule has 0 amide bonds. The molecule has 5 heteroatoms. The van der Waals surface area contributed by atoms with Crippen molar-refractivity contribution in [3.8, 4) is 0 Å². The fourth-order valence-corrected chi connectivity index (χ4v) is 2.47. The monoisotopic (exact) mass is 257 g/mol. The Morgan fingerprint density at radius 2 is 1.95 bits per heavy atom. The van der Waals surface area contributed by atoms with Gasteiger partial charge < -0.3 is 9.47 Å². The molecule has 0 N–H and O–H groups in total. The number of anilines is 1. The van der Waals surface area contributed by atoms with Gasteiger partial charge in [-0.25, -0.2) is 4.98 Å². The lowest BCUT2D eigenvalue weighted by atomic mass is 10.2. The molecule has 1 aliphatic rings. The second kappa shape index (κ2) is 5.40. The standard InChI is InChI=1S/C14H19N5/c1-17-12-16-10-14(17)11-18-5-7-19(8-6-18)13-3-2-4-15-9-13/h2-4,9-10,12H,5-8,11H2,1H3. The number of aryl methyl sites for hydroxylation is 1. The molecule has 0 aliphatic carbocycles. The highest BCUT2D eigenvalue weighted by atomic mass is 15.3. The predicted molar refractivity (Wildman–Crippen MR) is 74.9 cm³/mol. The summed E-state index contributed by atoms with van der Waals surface area (Å²) in [6, 6.07) is 4.13. The number of nitrogens with zero attached hydrogens (tertiary/aromatic N) is 5. The maximum atomic E-state index is 4.18. The summed E-state index contributed by atoms with van der Waals surface area (Å²) in [6.07, 6.45) is 7.58. The molecule has 0 radical (unpaired) electrons. The summed E-state index contributed by atoms with van der Waals surface area (Å²) in [5, 5.41) is 0. The zero-order valence-corrected chi connectivity index (χ0v) is 11.2. The van der Waals surface area contributed by atoms with Crippen molar-refractivity contribution in [1.29, 1.82) is 0 Å². The second-order valence-corrected chi connectivity index (χ2v) is 4.97. The van der Waals surface area contributed by atoms with E-state index in [9.17, 15) is 0 Å². The Morgan fingerprint density at radius 3 is 2.58 bits per heavy atom. The van der Waals surface area contributed by atoms with Gasteiger partial charge in [-0.2, -0.15) is 0 Å². The molecule has 0 atom stereocenters. The van der Waals surface area contributed by atoms with Crippen LogP contribution in [0.3, 0.4) is 0 Å². The molecule has 0 bridgehead atoms. The van der Waals surface area contributed by atoms with Gasteiger partial charge in [-0.1, -0.05) is 0 Å².